The Morgan fingerprint density at radius 2 is 1.78 bits per heavy atom. The van der Waals surface area contributed by atoms with Crippen LogP contribution in [0.4, 0.5) is 0 Å². The molecule has 0 bridgehead atoms. The largest absolute Gasteiger partial charge is 0.260 e. The molecule has 1 aliphatic carbocycles. The van der Waals surface area contributed by atoms with E-state index in [1.165, 1.54) is 0 Å². The Morgan fingerprint density at radius 1 is 1.33 bits per heavy atom. The van der Waals surface area contributed by atoms with Crippen molar-refractivity contribution in [2.45, 2.75) is 13.8 Å². The Bertz CT molecular complexity index is 158. The maximum absolute atomic E-state index is 10.8. The molecule has 1 heterocycles. The van der Waals surface area contributed by atoms with Gasteiger partial charge in [0.1, 0.15) is 0 Å². The fourth-order valence-electron chi connectivity index (χ4n) is 2.03. The summed E-state index contributed by atoms with van der Waals surface area (Å²) in [6, 6.07) is 0. The predicted octanol–water partition coefficient (Wildman–Crippen LogP) is 1.02. The molecule has 0 N–H and O–H groups in total. The third-order valence-corrected chi connectivity index (χ3v) is 5.03. The molecule has 1 nitrogen and oxygen atoms in total. The van der Waals surface area contributed by atoms with Crippen molar-refractivity contribution < 1.29 is 4.21 Å². The summed E-state index contributed by atoms with van der Waals surface area (Å²) in [5.74, 6) is 3.70. The minimum Gasteiger partial charge on any atom is -0.260 e. The quantitative estimate of drug-likeness (QED) is 0.496. The summed E-state index contributed by atoms with van der Waals surface area (Å²) < 4.78 is 10.8. The highest BCUT2D eigenvalue weighted by Gasteiger charge is 2.65. The van der Waals surface area contributed by atoms with Gasteiger partial charge in [0, 0.05) is 22.3 Å². The van der Waals surface area contributed by atoms with Crippen LogP contribution < -0.4 is 0 Å². The van der Waals surface area contributed by atoms with Crippen LogP contribution in [-0.4, -0.2) is 15.7 Å². The standard InChI is InChI=1S/C7H12OS/c1-5-6(2)7(5)3-9(8)4-7/h5-6H,3-4H2,1-2H3. The first kappa shape index (κ1) is 5.90. The van der Waals surface area contributed by atoms with E-state index in [9.17, 15) is 4.21 Å². The van der Waals surface area contributed by atoms with Gasteiger partial charge in [-0.3, -0.25) is 4.21 Å². The van der Waals surface area contributed by atoms with Crippen LogP contribution in [0.2, 0.25) is 0 Å². The zero-order valence-corrected chi connectivity index (χ0v) is 6.70. The van der Waals surface area contributed by atoms with E-state index in [4.69, 9.17) is 0 Å². The van der Waals surface area contributed by atoms with Crippen LogP contribution in [0.1, 0.15) is 13.8 Å². The predicted molar refractivity (Wildman–Crippen MR) is 38.6 cm³/mol. The van der Waals surface area contributed by atoms with Crippen LogP contribution >= 0.6 is 0 Å². The molecule has 1 aliphatic heterocycles. The molecule has 2 heteroatoms. The van der Waals surface area contributed by atoms with E-state index in [1.807, 2.05) is 0 Å². The Balaban J connectivity index is 2.09. The van der Waals surface area contributed by atoms with E-state index in [-0.39, 0.29) is 0 Å². The normalized spacial score (nSPS) is 63.6. The van der Waals surface area contributed by atoms with Crippen LogP contribution in [0, 0.1) is 17.3 Å². The van der Waals surface area contributed by atoms with Gasteiger partial charge in [-0.15, -0.1) is 0 Å². The molecule has 1 saturated carbocycles. The third kappa shape index (κ3) is 0.529. The molecule has 52 valence electrons. The molecule has 0 aromatic carbocycles. The molecule has 0 radical (unpaired) electrons. The van der Waals surface area contributed by atoms with E-state index >= 15 is 0 Å². The zero-order chi connectivity index (χ0) is 6.65. The van der Waals surface area contributed by atoms with E-state index in [0.717, 1.165) is 23.3 Å². The van der Waals surface area contributed by atoms with Crippen molar-refractivity contribution in [3.8, 4) is 0 Å². The number of rotatable bonds is 0. The number of hydrogen-bond acceptors (Lipinski definition) is 1. The Kier molecular flexibility index (Phi) is 0.929. The van der Waals surface area contributed by atoms with Gasteiger partial charge in [-0.1, -0.05) is 13.8 Å². The topological polar surface area (TPSA) is 17.1 Å². The van der Waals surface area contributed by atoms with Gasteiger partial charge in [0.05, 0.1) is 0 Å². The van der Waals surface area contributed by atoms with E-state index < -0.39 is 10.8 Å². The SMILES string of the molecule is CC1C(C)C12CS(=O)C2. The summed E-state index contributed by atoms with van der Waals surface area (Å²) in [5, 5.41) is 0. The van der Waals surface area contributed by atoms with Gasteiger partial charge in [0.15, 0.2) is 0 Å². The Hall–Kier alpha value is 0.150. The van der Waals surface area contributed by atoms with Crippen molar-refractivity contribution >= 4 is 10.8 Å². The lowest BCUT2D eigenvalue weighted by atomic mass is 10.1. The minimum atomic E-state index is -0.440. The molecule has 0 aromatic heterocycles. The fraction of sp³-hybridized carbons (Fsp3) is 1.00. The van der Waals surface area contributed by atoms with Crippen LogP contribution in [0.5, 0.6) is 0 Å². The summed E-state index contributed by atoms with van der Waals surface area (Å²) in [6.07, 6.45) is 0. The van der Waals surface area contributed by atoms with Crippen molar-refractivity contribution in [3.63, 3.8) is 0 Å². The van der Waals surface area contributed by atoms with E-state index in [1.54, 1.807) is 0 Å². The lowest BCUT2D eigenvalue weighted by Gasteiger charge is -2.26. The second-order valence-corrected chi connectivity index (χ2v) is 5.00. The van der Waals surface area contributed by atoms with Gasteiger partial charge in [-0.05, 0) is 17.3 Å². The summed E-state index contributed by atoms with van der Waals surface area (Å²) in [4.78, 5) is 0. The smallest absolute Gasteiger partial charge is 0.0305 e. The molecule has 1 spiro atoms. The van der Waals surface area contributed by atoms with Crippen molar-refractivity contribution in [3.05, 3.63) is 0 Å². The molecule has 2 fully saturated rings. The van der Waals surface area contributed by atoms with Crippen LogP contribution in [0.25, 0.3) is 0 Å². The highest BCUT2D eigenvalue weighted by molar-refractivity contribution is 7.86. The van der Waals surface area contributed by atoms with Gasteiger partial charge in [-0.2, -0.15) is 0 Å². The monoisotopic (exact) mass is 144 g/mol. The summed E-state index contributed by atoms with van der Waals surface area (Å²) in [5.41, 5.74) is 0.560. The highest BCUT2D eigenvalue weighted by atomic mass is 32.2. The van der Waals surface area contributed by atoms with Gasteiger partial charge in [-0.25, -0.2) is 0 Å². The summed E-state index contributed by atoms with van der Waals surface area (Å²) in [6.45, 7) is 4.56. The Morgan fingerprint density at radius 3 is 1.89 bits per heavy atom. The summed E-state index contributed by atoms with van der Waals surface area (Å²) in [7, 11) is -0.440. The first-order valence-electron chi connectivity index (χ1n) is 3.52. The fourth-order valence-corrected chi connectivity index (χ4v) is 4.20. The molecule has 2 unspecified atom stereocenters. The van der Waals surface area contributed by atoms with Crippen molar-refractivity contribution in [2.75, 3.05) is 11.5 Å². The maximum atomic E-state index is 10.8. The molecule has 2 aliphatic rings. The minimum absolute atomic E-state index is 0.440. The second kappa shape index (κ2) is 1.42. The van der Waals surface area contributed by atoms with E-state index in [2.05, 4.69) is 13.8 Å². The average molecular weight is 144 g/mol. The van der Waals surface area contributed by atoms with Crippen molar-refractivity contribution in [1.82, 2.24) is 0 Å². The second-order valence-electron chi connectivity index (χ2n) is 3.54. The lowest BCUT2D eigenvalue weighted by Crippen LogP contribution is -2.35. The lowest BCUT2D eigenvalue weighted by molar-refractivity contribution is 0.516. The molecular weight excluding hydrogens is 132 g/mol. The van der Waals surface area contributed by atoms with Gasteiger partial charge in [0.25, 0.3) is 0 Å². The third-order valence-electron chi connectivity index (χ3n) is 3.31. The summed E-state index contributed by atoms with van der Waals surface area (Å²) >= 11 is 0. The van der Waals surface area contributed by atoms with Gasteiger partial charge in [0.2, 0.25) is 0 Å². The van der Waals surface area contributed by atoms with E-state index in [0.29, 0.717) is 5.41 Å². The van der Waals surface area contributed by atoms with Crippen LogP contribution in [0.15, 0.2) is 0 Å². The molecule has 0 aromatic rings. The van der Waals surface area contributed by atoms with Crippen molar-refractivity contribution in [2.24, 2.45) is 17.3 Å². The first-order valence-corrected chi connectivity index (χ1v) is 5.00. The maximum Gasteiger partial charge on any atom is 0.0305 e. The molecule has 9 heavy (non-hydrogen) atoms. The molecule has 2 rings (SSSR count). The van der Waals surface area contributed by atoms with Gasteiger partial charge < -0.3 is 0 Å². The Labute approximate surface area is 58.3 Å². The molecule has 2 atom stereocenters. The van der Waals surface area contributed by atoms with Crippen molar-refractivity contribution in [1.29, 1.82) is 0 Å². The highest BCUT2D eigenvalue weighted by Crippen LogP contribution is 2.63. The molecular formula is C7H12OS. The van der Waals surface area contributed by atoms with Gasteiger partial charge >= 0.3 is 0 Å². The average Bonchev–Trinajstić information content (AvgIpc) is 2.18. The first-order chi connectivity index (χ1) is 4.17. The molecule has 1 saturated heterocycles. The molecule has 0 amide bonds. The number of hydrogen-bond donors (Lipinski definition) is 0. The zero-order valence-electron chi connectivity index (χ0n) is 5.89. The van der Waals surface area contributed by atoms with Crippen LogP contribution in [0.3, 0.4) is 0 Å². The van der Waals surface area contributed by atoms with Crippen LogP contribution in [-0.2, 0) is 10.8 Å².